The Kier molecular flexibility index (Phi) is 2.07. The van der Waals surface area contributed by atoms with Crippen LogP contribution in [0, 0.1) is 0 Å². The molecule has 1 aromatic heterocycles. The molecular weight excluding hydrogens is 180 g/mol. The van der Waals surface area contributed by atoms with Gasteiger partial charge in [-0.05, 0) is 5.56 Å². The summed E-state index contributed by atoms with van der Waals surface area (Å²) in [6.45, 7) is 0. The molecule has 3 nitrogen and oxygen atoms in total. The fourth-order valence-corrected chi connectivity index (χ4v) is 1.30. The van der Waals surface area contributed by atoms with Crippen LogP contribution in [0.4, 0.5) is 0 Å². The summed E-state index contributed by atoms with van der Waals surface area (Å²) in [4.78, 5) is 10.8. The van der Waals surface area contributed by atoms with E-state index in [0.717, 1.165) is 5.56 Å². The summed E-state index contributed by atoms with van der Waals surface area (Å²) in [6.07, 6.45) is 2.68. The van der Waals surface area contributed by atoms with E-state index in [4.69, 9.17) is 9.52 Å². The van der Waals surface area contributed by atoms with Crippen LogP contribution in [0.25, 0.3) is 11.1 Å². The average molecular weight is 188 g/mol. The van der Waals surface area contributed by atoms with E-state index < -0.39 is 5.97 Å². The summed E-state index contributed by atoms with van der Waals surface area (Å²) in [5, 5.41) is 8.86. The molecule has 0 bridgehead atoms. The Morgan fingerprint density at radius 3 is 2.50 bits per heavy atom. The standard InChI is InChI=1S/C11H8O3/c12-11(13)10-7-14-6-9(10)8-4-2-1-3-5-8/h1-7H,(H,12,13). The molecule has 70 valence electrons. The second kappa shape index (κ2) is 3.38. The summed E-state index contributed by atoms with van der Waals surface area (Å²) >= 11 is 0. The molecule has 3 heteroatoms. The number of carboxylic acids is 1. The zero-order chi connectivity index (χ0) is 9.97. The molecule has 0 aliphatic rings. The van der Waals surface area contributed by atoms with E-state index in [1.807, 2.05) is 30.3 Å². The van der Waals surface area contributed by atoms with Crippen LogP contribution in [0.3, 0.4) is 0 Å². The van der Waals surface area contributed by atoms with E-state index in [1.54, 1.807) is 0 Å². The van der Waals surface area contributed by atoms with Crippen LogP contribution in [-0.4, -0.2) is 11.1 Å². The van der Waals surface area contributed by atoms with Crippen molar-refractivity contribution in [1.82, 2.24) is 0 Å². The van der Waals surface area contributed by atoms with E-state index in [-0.39, 0.29) is 5.56 Å². The molecule has 0 spiro atoms. The summed E-state index contributed by atoms with van der Waals surface area (Å²) < 4.78 is 4.88. The normalized spacial score (nSPS) is 10.0. The van der Waals surface area contributed by atoms with Crippen molar-refractivity contribution >= 4 is 5.97 Å². The Balaban J connectivity index is 2.52. The molecule has 0 atom stereocenters. The minimum atomic E-state index is -0.974. The number of benzene rings is 1. The van der Waals surface area contributed by atoms with Gasteiger partial charge in [-0.2, -0.15) is 0 Å². The van der Waals surface area contributed by atoms with Crippen LogP contribution in [-0.2, 0) is 0 Å². The quantitative estimate of drug-likeness (QED) is 0.788. The first kappa shape index (κ1) is 8.56. The maximum atomic E-state index is 10.8. The molecule has 0 radical (unpaired) electrons. The van der Waals surface area contributed by atoms with Gasteiger partial charge in [0.2, 0.25) is 0 Å². The third-order valence-corrected chi connectivity index (χ3v) is 1.98. The molecule has 2 rings (SSSR count). The number of carboxylic acid groups (broad SMARTS) is 1. The van der Waals surface area contributed by atoms with Gasteiger partial charge in [-0.3, -0.25) is 0 Å². The largest absolute Gasteiger partial charge is 0.478 e. The Bertz CT molecular complexity index is 443. The fraction of sp³-hybridized carbons (Fsp3) is 0. The number of aromatic carboxylic acids is 1. The number of rotatable bonds is 2. The van der Waals surface area contributed by atoms with Crippen LogP contribution < -0.4 is 0 Å². The second-order valence-corrected chi connectivity index (χ2v) is 2.87. The monoisotopic (exact) mass is 188 g/mol. The van der Waals surface area contributed by atoms with Crippen LogP contribution >= 0.6 is 0 Å². The molecule has 0 saturated heterocycles. The van der Waals surface area contributed by atoms with Crippen molar-refractivity contribution < 1.29 is 14.3 Å². The molecule has 0 fully saturated rings. The third kappa shape index (κ3) is 1.40. The summed E-state index contributed by atoms with van der Waals surface area (Å²) in [5.41, 5.74) is 1.65. The summed E-state index contributed by atoms with van der Waals surface area (Å²) in [6, 6.07) is 9.28. The van der Waals surface area contributed by atoms with Gasteiger partial charge in [-0.15, -0.1) is 0 Å². The van der Waals surface area contributed by atoms with Gasteiger partial charge in [-0.1, -0.05) is 30.3 Å². The zero-order valence-corrected chi connectivity index (χ0v) is 7.31. The van der Waals surface area contributed by atoms with Gasteiger partial charge < -0.3 is 9.52 Å². The first-order valence-electron chi connectivity index (χ1n) is 4.14. The predicted molar refractivity (Wildman–Crippen MR) is 51.1 cm³/mol. The Labute approximate surface area is 80.6 Å². The van der Waals surface area contributed by atoms with E-state index in [1.165, 1.54) is 12.5 Å². The lowest BCUT2D eigenvalue weighted by molar-refractivity contribution is 0.0697. The highest BCUT2D eigenvalue weighted by Gasteiger charge is 2.13. The topological polar surface area (TPSA) is 50.4 Å². The van der Waals surface area contributed by atoms with Crippen molar-refractivity contribution in [2.45, 2.75) is 0 Å². The van der Waals surface area contributed by atoms with E-state index in [0.29, 0.717) is 5.56 Å². The minimum absolute atomic E-state index is 0.191. The molecule has 0 amide bonds. The maximum absolute atomic E-state index is 10.8. The SMILES string of the molecule is O=C(O)c1cocc1-c1ccccc1. The van der Waals surface area contributed by atoms with Crippen molar-refractivity contribution in [1.29, 1.82) is 0 Å². The van der Waals surface area contributed by atoms with Gasteiger partial charge in [0.25, 0.3) is 0 Å². The van der Waals surface area contributed by atoms with Crippen LogP contribution in [0.15, 0.2) is 47.3 Å². The number of carbonyl (C=O) groups is 1. The average Bonchev–Trinajstić information content (AvgIpc) is 2.67. The summed E-state index contributed by atoms with van der Waals surface area (Å²) in [5.74, 6) is -0.974. The van der Waals surface area contributed by atoms with Crippen molar-refractivity contribution in [3.63, 3.8) is 0 Å². The van der Waals surface area contributed by atoms with Gasteiger partial charge in [0, 0.05) is 5.56 Å². The minimum Gasteiger partial charge on any atom is -0.478 e. The maximum Gasteiger partial charge on any atom is 0.339 e. The third-order valence-electron chi connectivity index (χ3n) is 1.98. The van der Waals surface area contributed by atoms with Gasteiger partial charge in [0.05, 0.1) is 6.26 Å². The second-order valence-electron chi connectivity index (χ2n) is 2.87. The van der Waals surface area contributed by atoms with Gasteiger partial charge in [0.1, 0.15) is 11.8 Å². The molecule has 0 unspecified atom stereocenters. The molecule has 0 aliphatic carbocycles. The van der Waals surface area contributed by atoms with Crippen molar-refractivity contribution in [2.24, 2.45) is 0 Å². The Morgan fingerprint density at radius 2 is 1.86 bits per heavy atom. The lowest BCUT2D eigenvalue weighted by Gasteiger charge is -1.97. The van der Waals surface area contributed by atoms with Crippen molar-refractivity contribution in [3.05, 3.63) is 48.4 Å². The van der Waals surface area contributed by atoms with Crippen LogP contribution in [0.2, 0.25) is 0 Å². The molecule has 0 saturated carbocycles. The number of hydrogen-bond donors (Lipinski definition) is 1. The molecule has 2 aromatic rings. The fourth-order valence-electron chi connectivity index (χ4n) is 1.30. The Morgan fingerprint density at radius 1 is 1.14 bits per heavy atom. The van der Waals surface area contributed by atoms with Gasteiger partial charge >= 0.3 is 5.97 Å². The van der Waals surface area contributed by atoms with Crippen LogP contribution in [0.1, 0.15) is 10.4 Å². The summed E-state index contributed by atoms with van der Waals surface area (Å²) in [7, 11) is 0. The van der Waals surface area contributed by atoms with Gasteiger partial charge in [0.15, 0.2) is 0 Å². The first-order chi connectivity index (χ1) is 6.79. The van der Waals surface area contributed by atoms with E-state index in [9.17, 15) is 4.79 Å². The highest BCUT2D eigenvalue weighted by molar-refractivity contribution is 5.95. The molecule has 1 N–H and O–H groups in total. The predicted octanol–water partition coefficient (Wildman–Crippen LogP) is 2.64. The molecular formula is C11H8O3. The highest BCUT2D eigenvalue weighted by atomic mass is 16.4. The molecule has 0 aliphatic heterocycles. The molecule has 1 aromatic carbocycles. The van der Waals surface area contributed by atoms with Crippen molar-refractivity contribution in [2.75, 3.05) is 0 Å². The number of hydrogen-bond acceptors (Lipinski definition) is 2. The van der Waals surface area contributed by atoms with Crippen molar-refractivity contribution in [3.8, 4) is 11.1 Å². The Hall–Kier alpha value is -2.03. The smallest absolute Gasteiger partial charge is 0.339 e. The lowest BCUT2D eigenvalue weighted by Crippen LogP contribution is -1.95. The van der Waals surface area contributed by atoms with Crippen LogP contribution in [0.5, 0.6) is 0 Å². The lowest BCUT2D eigenvalue weighted by atomic mass is 10.1. The first-order valence-corrected chi connectivity index (χ1v) is 4.14. The highest BCUT2D eigenvalue weighted by Crippen LogP contribution is 2.24. The number of furan rings is 1. The molecule has 14 heavy (non-hydrogen) atoms. The van der Waals surface area contributed by atoms with E-state index >= 15 is 0 Å². The molecule has 1 heterocycles. The van der Waals surface area contributed by atoms with Gasteiger partial charge in [-0.25, -0.2) is 4.79 Å². The zero-order valence-electron chi connectivity index (χ0n) is 7.31. The van der Waals surface area contributed by atoms with E-state index in [2.05, 4.69) is 0 Å².